The van der Waals surface area contributed by atoms with Crippen LogP contribution in [-0.4, -0.2) is 35.9 Å². The Morgan fingerprint density at radius 3 is 2.72 bits per heavy atom. The molecule has 1 saturated heterocycles. The molecule has 0 aromatic rings. The first-order valence-corrected chi connectivity index (χ1v) is 8.59. The zero-order valence-electron chi connectivity index (χ0n) is 15.0. The quantitative estimate of drug-likeness (QED) is 0.567. The Balaban J connectivity index is 1.80. The monoisotopic (exact) mass is 346 g/mol. The minimum atomic E-state index is -0.838. The highest BCUT2D eigenvalue weighted by atomic mass is 16.6. The van der Waals surface area contributed by atoms with E-state index in [1.54, 1.807) is 18.2 Å². The highest BCUT2D eigenvalue weighted by molar-refractivity contribution is 5.85. The van der Waals surface area contributed by atoms with E-state index < -0.39 is 18.1 Å². The van der Waals surface area contributed by atoms with Gasteiger partial charge < -0.3 is 14.6 Å². The van der Waals surface area contributed by atoms with Crippen LogP contribution >= 0.6 is 0 Å². The molecule has 25 heavy (non-hydrogen) atoms. The van der Waals surface area contributed by atoms with Crippen molar-refractivity contribution < 1.29 is 24.2 Å². The highest BCUT2D eigenvalue weighted by Gasteiger charge is 2.40. The van der Waals surface area contributed by atoms with Crippen LogP contribution in [0.3, 0.4) is 0 Å². The number of hydrogen-bond acceptors (Lipinski definition) is 5. The van der Waals surface area contributed by atoms with Crippen LogP contribution in [0.2, 0.25) is 0 Å². The Morgan fingerprint density at radius 2 is 2.08 bits per heavy atom. The normalized spacial score (nSPS) is 26.6. The van der Waals surface area contributed by atoms with Crippen LogP contribution in [0.25, 0.3) is 0 Å². The van der Waals surface area contributed by atoms with E-state index in [0.29, 0.717) is 13.0 Å². The lowest BCUT2D eigenvalue weighted by atomic mass is 9.99. The van der Waals surface area contributed by atoms with E-state index >= 15 is 0 Å². The number of cyclic esters (lactones) is 2. The molecule has 2 aliphatic rings. The molecule has 0 saturated carbocycles. The maximum absolute atomic E-state index is 11.9. The first kappa shape index (κ1) is 19.2. The van der Waals surface area contributed by atoms with Crippen molar-refractivity contribution in [1.82, 2.24) is 0 Å². The van der Waals surface area contributed by atoms with Gasteiger partial charge in [-0.15, -0.1) is 0 Å². The van der Waals surface area contributed by atoms with E-state index in [4.69, 9.17) is 9.47 Å². The number of ether oxygens (including phenoxy) is 2. The predicted octanol–water partition coefficient (Wildman–Crippen LogP) is 3.01. The average molecular weight is 346 g/mol. The summed E-state index contributed by atoms with van der Waals surface area (Å²) in [5.74, 6) is -1.25. The summed E-state index contributed by atoms with van der Waals surface area (Å²) in [4.78, 5) is 22.8. The SMILES string of the molecule is CC(C)=C[C@@H]1OC(=O)[C@H](/C=C/CC(C)=CCCC2=CC(=O)OC2)[C@@H]1O. The standard InChI is InChI=1S/C20H26O5/c1-13(2)10-17-19(22)16(20(23)25-17)9-5-7-14(3)6-4-8-15-11-18(21)24-12-15/h5-6,9-11,16-17,19,22H,4,7-8,12H2,1-3H3/b9-5+,14-6?/t16-,17+,19+/m1/s1. The third kappa shape index (κ3) is 5.71. The van der Waals surface area contributed by atoms with Gasteiger partial charge in [-0.3, -0.25) is 4.79 Å². The van der Waals surface area contributed by atoms with Crippen LogP contribution in [0.1, 0.15) is 40.0 Å². The van der Waals surface area contributed by atoms with Crippen LogP contribution in [0.5, 0.6) is 0 Å². The molecule has 136 valence electrons. The molecule has 0 aromatic carbocycles. The molecule has 0 radical (unpaired) electrons. The molecule has 0 bridgehead atoms. The summed E-state index contributed by atoms with van der Waals surface area (Å²) in [6, 6.07) is 0. The van der Waals surface area contributed by atoms with Gasteiger partial charge in [0, 0.05) is 6.08 Å². The molecule has 2 rings (SSSR count). The smallest absolute Gasteiger partial charge is 0.331 e. The number of esters is 2. The topological polar surface area (TPSA) is 72.8 Å². The fraction of sp³-hybridized carbons (Fsp3) is 0.500. The summed E-state index contributed by atoms with van der Waals surface area (Å²) in [6.45, 7) is 6.23. The molecular weight excluding hydrogens is 320 g/mol. The minimum Gasteiger partial charge on any atom is -0.458 e. The largest absolute Gasteiger partial charge is 0.458 e. The first-order valence-electron chi connectivity index (χ1n) is 8.59. The summed E-state index contributed by atoms with van der Waals surface area (Å²) in [5, 5.41) is 10.2. The van der Waals surface area contributed by atoms with Crippen LogP contribution in [0, 0.1) is 5.92 Å². The van der Waals surface area contributed by atoms with E-state index in [-0.39, 0.29) is 11.9 Å². The van der Waals surface area contributed by atoms with Crippen LogP contribution < -0.4 is 0 Å². The molecule has 5 nitrogen and oxygen atoms in total. The molecule has 5 heteroatoms. The fourth-order valence-corrected chi connectivity index (χ4v) is 2.83. The maximum atomic E-state index is 11.9. The van der Waals surface area contributed by atoms with Gasteiger partial charge in [0.05, 0.1) is 0 Å². The van der Waals surface area contributed by atoms with E-state index in [9.17, 15) is 14.7 Å². The van der Waals surface area contributed by atoms with Gasteiger partial charge in [-0.1, -0.05) is 29.4 Å². The zero-order valence-corrected chi connectivity index (χ0v) is 15.0. The second-order valence-electron chi connectivity index (χ2n) is 6.79. The minimum absolute atomic E-state index is 0.257. The van der Waals surface area contributed by atoms with Crippen molar-refractivity contribution >= 4 is 11.9 Å². The molecular formula is C20H26O5. The van der Waals surface area contributed by atoms with Crippen molar-refractivity contribution in [2.75, 3.05) is 6.61 Å². The Labute approximate surface area is 148 Å². The van der Waals surface area contributed by atoms with E-state index in [0.717, 1.165) is 24.0 Å². The summed E-state index contributed by atoms with van der Waals surface area (Å²) in [7, 11) is 0. The Morgan fingerprint density at radius 1 is 1.32 bits per heavy atom. The Bertz CT molecular complexity index is 634. The molecule has 0 unspecified atom stereocenters. The van der Waals surface area contributed by atoms with Gasteiger partial charge in [-0.25, -0.2) is 4.79 Å². The zero-order chi connectivity index (χ0) is 18.4. The third-order valence-electron chi connectivity index (χ3n) is 4.19. The number of carbonyl (C=O) groups is 2. The van der Waals surface area contributed by atoms with Gasteiger partial charge in [-0.2, -0.15) is 0 Å². The maximum Gasteiger partial charge on any atom is 0.331 e. The molecule has 3 atom stereocenters. The predicted molar refractivity (Wildman–Crippen MR) is 94.6 cm³/mol. The van der Waals surface area contributed by atoms with Crippen LogP contribution in [0.4, 0.5) is 0 Å². The van der Waals surface area contributed by atoms with E-state index in [1.165, 1.54) is 5.57 Å². The van der Waals surface area contributed by atoms with Gasteiger partial charge in [-0.05, 0) is 51.7 Å². The van der Waals surface area contributed by atoms with Gasteiger partial charge in [0.1, 0.15) is 24.7 Å². The van der Waals surface area contributed by atoms with Gasteiger partial charge >= 0.3 is 11.9 Å². The molecule has 1 N–H and O–H groups in total. The van der Waals surface area contributed by atoms with Crippen molar-refractivity contribution in [3.05, 3.63) is 47.1 Å². The number of allylic oxidation sites excluding steroid dienone is 4. The lowest BCUT2D eigenvalue weighted by Gasteiger charge is -2.10. The molecule has 2 heterocycles. The van der Waals surface area contributed by atoms with Crippen molar-refractivity contribution in [1.29, 1.82) is 0 Å². The number of hydrogen-bond donors (Lipinski definition) is 1. The fourth-order valence-electron chi connectivity index (χ4n) is 2.83. The summed E-state index contributed by atoms with van der Waals surface area (Å²) < 4.78 is 10.1. The molecule has 0 amide bonds. The van der Waals surface area contributed by atoms with Gasteiger partial charge in [0.25, 0.3) is 0 Å². The van der Waals surface area contributed by atoms with E-state index in [2.05, 4.69) is 6.08 Å². The third-order valence-corrected chi connectivity index (χ3v) is 4.19. The van der Waals surface area contributed by atoms with Gasteiger partial charge in [0.2, 0.25) is 0 Å². The summed E-state index contributed by atoms with van der Waals surface area (Å²) >= 11 is 0. The second-order valence-corrected chi connectivity index (χ2v) is 6.79. The number of aliphatic hydroxyl groups excluding tert-OH is 1. The number of carbonyl (C=O) groups excluding carboxylic acids is 2. The molecule has 1 fully saturated rings. The average Bonchev–Trinajstić information content (AvgIpc) is 3.05. The first-order chi connectivity index (χ1) is 11.9. The number of aliphatic hydroxyl groups is 1. The number of rotatable bonds is 7. The lowest BCUT2D eigenvalue weighted by Crippen LogP contribution is -2.24. The molecule has 2 aliphatic heterocycles. The molecule has 0 spiro atoms. The van der Waals surface area contributed by atoms with Crippen molar-refractivity contribution in [3.63, 3.8) is 0 Å². The van der Waals surface area contributed by atoms with Crippen LogP contribution in [-0.2, 0) is 19.1 Å². The summed E-state index contributed by atoms with van der Waals surface area (Å²) in [6.07, 6.45) is 10.0. The Kier molecular flexibility index (Phi) is 6.76. The second kappa shape index (κ2) is 8.81. The van der Waals surface area contributed by atoms with Crippen molar-refractivity contribution in [2.45, 2.75) is 52.2 Å². The van der Waals surface area contributed by atoms with Crippen molar-refractivity contribution in [2.24, 2.45) is 5.92 Å². The van der Waals surface area contributed by atoms with E-state index in [1.807, 2.05) is 26.8 Å². The summed E-state index contributed by atoms with van der Waals surface area (Å²) in [5.41, 5.74) is 3.19. The van der Waals surface area contributed by atoms with Crippen molar-refractivity contribution in [3.8, 4) is 0 Å². The van der Waals surface area contributed by atoms with Gasteiger partial charge in [0.15, 0.2) is 0 Å². The highest BCUT2D eigenvalue weighted by Crippen LogP contribution is 2.25. The van der Waals surface area contributed by atoms with Crippen LogP contribution in [0.15, 0.2) is 47.1 Å². The molecule has 0 aromatic heterocycles. The molecule has 0 aliphatic carbocycles. The Hall–Kier alpha value is -2.14. The lowest BCUT2D eigenvalue weighted by molar-refractivity contribution is -0.142.